The molecule has 0 bridgehead atoms. The summed E-state index contributed by atoms with van der Waals surface area (Å²) in [6.07, 6.45) is 1.73. The highest BCUT2D eigenvalue weighted by atomic mass is 35.5. The normalized spacial score (nSPS) is 14.0. The summed E-state index contributed by atoms with van der Waals surface area (Å²) in [5.74, 6) is 1.15. The number of aliphatic imine (C=N–C) groups is 2. The summed E-state index contributed by atoms with van der Waals surface area (Å²) in [6, 6.07) is 14.4. The van der Waals surface area contributed by atoms with E-state index in [0.29, 0.717) is 21.6 Å². The van der Waals surface area contributed by atoms with Gasteiger partial charge < -0.3 is 4.74 Å². The molecule has 0 fully saturated rings. The molecule has 24 heavy (non-hydrogen) atoms. The molecule has 0 radical (unpaired) electrons. The molecule has 1 heterocycles. The third-order valence-electron chi connectivity index (χ3n) is 3.13. The van der Waals surface area contributed by atoms with E-state index in [0.717, 1.165) is 5.56 Å². The number of benzene rings is 2. The number of para-hydroxylation sites is 1. The molecule has 1 aliphatic heterocycles. The minimum Gasteiger partial charge on any atom is -0.424 e. The number of nitriles is 1. The van der Waals surface area contributed by atoms with E-state index in [9.17, 15) is 0 Å². The second-order valence-corrected chi connectivity index (χ2v) is 5.54. The van der Waals surface area contributed by atoms with Crippen LogP contribution in [-0.2, 0) is 0 Å². The van der Waals surface area contributed by atoms with Gasteiger partial charge in [-0.05, 0) is 30.3 Å². The minimum atomic E-state index is 0.0995. The van der Waals surface area contributed by atoms with Crippen LogP contribution in [0.5, 0.6) is 5.75 Å². The summed E-state index contributed by atoms with van der Waals surface area (Å²) < 4.78 is 5.64. The van der Waals surface area contributed by atoms with Crippen LogP contribution in [0.4, 0.5) is 0 Å². The first kappa shape index (κ1) is 16.1. The zero-order valence-electron chi connectivity index (χ0n) is 12.3. The predicted octanol–water partition coefficient (Wildman–Crippen LogP) is 3.43. The molecule has 0 spiro atoms. The van der Waals surface area contributed by atoms with Crippen molar-refractivity contribution in [1.82, 2.24) is 10.4 Å². The average Bonchev–Trinajstić information content (AvgIpc) is 3.08. The van der Waals surface area contributed by atoms with Gasteiger partial charge in [0.1, 0.15) is 18.3 Å². The number of hydrogen-bond donors (Lipinski definition) is 1. The quantitative estimate of drug-likeness (QED) is 0.506. The van der Waals surface area contributed by atoms with E-state index in [4.69, 9.17) is 33.2 Å². The summed E-state index contributed by atoms with van der Waals surface area (Å²) in [5, 5.41) is 11.3. The molecule has 8 heteroatoms. The third kappa shape index (κ3) is 3.59. The Morgan fingerprint density at radius 2 is 2.00 bits per heavy atom. The van der Waals surface area contributed by atoms with Crippen LogP contribution in [0, 0.1) is 11.5 Å². The molecule has 120 valence electrons. The molecule has 0 saturated heterocycles. The Balaban J connectivity index is 1.75. The molecular formula is C16H11Cl2N5O. The number of rotatable bonds is 2. The van der Waals surface area contributed by atoms with Crippen molar-refractivity contribution in [2.45, 2.75) is 0 Å². The topological polar surface area (TPSA) is 73.0 Å². The molecule has 6 nitrogen and oxygen atoms in total. The van der Waals surface area contributed by atoms with E-state index < -0.39 is 0 Å². The molecule has 0 unspecified atom stereocenters. The van der Waals surface area contributed by atoms with E-state index in [1.807, 2.05) is 18.2 Å². The number of halogens is 2. The number of hydrazine groups is 1. The highest BCUT2D eigenvalue weighted by molar-refractivity contribution is 6.42. The van der Waals surface area contributed by atoms with Crippen molar-refractivity contribution < 1.29 is 4.74 Å². The van der Waals surface area contributed by atoms with Gasteiger partial charge in [0.2, 0.25) is 6.19 Å². The van der Waals surface area contributed by atoms with Crippen molar-refractivity contribution >= 4 is 35.1 Å². The Kier molecular flexibility index (Phi) is 4.85. The molecule has 3 rings (SSSR count). The molecule has 0 atom stereocenters. The zero-order valence-corrected chi connectivity index (χ0v) is 13.8. The summed E-state index contributed by atoms with van der Waals surface area (Å²) in [7, 11) is 0. The Morgan fingerprint density at radius 3 is 2.71 bits per heavy atom. The van der Waals surface area contributed by atoms with E-state index in [1.165, 1.54) is 5.01 Å². The molecule has 0 amide bonds. The minimum absolute atomic E-state index is 0.0995. The number of nitrogens with one attached hydrogen (secondary N) is 1. The SMILES string of the molecule is N#CN=C(Oc1ccccc1)N1CN=C(c2ccc(Cl)c(Cl)c2)N1. The smallest absolute Gasteiger partial charge is 0.329 e. The van der Waals surface area contributed by atoms with Crippen LogP contribution < -0.4 is 10.2 Å². The van der Waals surface area contributed by atoms with Crippen LogP contribution in [0.3, 0.4) is 0 Å². The van der Waals surface area contributed by atoms with Gasteiger partial charge in [-0.2, -0.15) is 5.26 Å². The van der Waals surface area contributed by atoms with Crippen LogP contribution in [0.15, 0.2) is 58.5 Å². The maximum absolute atomic E-state index is 8.88. The Labute approximate surface area is 148 Å². The maximum Gasteiger partial charge on any atom is 0.329 e. The molecule has 0 aliphatic carbocycles. The Bertz CT molecular complexity index is 845. The van der Waals surface area contributed by atoms with Gasteiger partial charge in [-0.15, -0.1) is 4.99 Å². The molecular weight excluding hydrogens is 349 g/mol. The van der Waals surface area contributed by atoms with Crippen molar-refractivity contribution in [3.63, 3.8) is 0 Å². The first-order valence-electron chi connectivity index (χ1n) is 6.91. The van der Waals surface area contributed by atoms with Gasteiger partial charge in [-0.1, -0.05) is 41.4 Å². The zero-order chi connectivity index (χ0) is 16.9. The average molecular weight is 360 g/mol. The van der Waals surface area contributed by atoms with E-state index in [1.54, 1.807) is 36.5 Å². The highest BCUT2D eigenvalue weighted by Gasteiger charge is 2.22. The summed E-state index contributed by atoms with van der Waals surface area (Å²) in [5.41, 5.74) is 3.80. The predicted molar refractivity (Wildman–Crippen MR) is 93.0 cm³/mol. The van der Waals surface area contributed by atoms with Gasteiger partial charge in [0.05, 0.1) is 10.0 Å². The van der Waals surface area contributed by atoms with Crippen LogP contribution in [0.2, 0.25) is 10.0 Å². The van der Waals surface area contributed by atoms with Crippen LogP contribution in [0.25, 0.3) is 0 Å². The lowest BCUT2D eigenvalue weighted by Crippen LogP contribution is -2.43. The summed E-state index contributed by atoms with van der Waals surface area (Å²) in [6.45, 7) is 0.239. The largest absolute Gasteiger partial charge is 0.424 e. The van der Waals surface area contributed by atoms with Crippen LogP contribution >= 0.6 is 23.2 Å². The first-order valence-corrected chi connectivity index (χ1v) is 7.66. The first-order chi connectivity index (χ1) is 11.7. The van der Waals surface area contributed by atoms with Crippen molar-refractivity contribution in [3.05, 3.63) is 64.1 Å². The lowest BCUT2D eigenvalue weighted by Gasteiger charge is -2.19. The fourth-order valence-electron chi connectivity index (χ4n) is 2.02. The summed E-state index contributed by atoms with van der Waals surface area (Å²) >= 11 is 11.9. The Morgan fingerprint density at radius 1 is 1.21 bits per heavy atom. The van der Waals surface area contributed by atoms with Crippen LogP contribution in [-0.4, -0.2) is 23.5 Å². The van der Waals surface area contributed by atoms with Gasteiger partial charge >= 0.3 is 6.02 Å². The van der Waals surface area contributed by atoms with Gasteiger partial charge in [-0.3, -0.25) is 5.43 Å². The molecule has 0 aromatic heterocycles. The number of nitrogens with zero attached hydrogens (tertiary/aromatic N) is 4. The van der Waals surface area contributed by atoms with Gasteiger partial charge in [0.15, 0.2) is 0 Å². The number of amidine groups is 2. The van der Waals surface area contributed by atoms with E-state index >= 15 is 0 Å². The molecule has 1 N–H and O–H groups in total. The highest BCUT2D eigenvalue weighted by Crippen LogP contribution is 2.23. The second-order valence-electron chi connectivity index (χ2n) is 4.73. The molecule has 2 aromatic rings. The van der Waals surface area contributed by atoms with Crippen molar-refractivity contribution in [3.8, 4) is 11.9 Å². The Hall–Kier alpha value is -2.75. The molecule has 2 aromatic carbocycles. The van der Waals surface area contributed by atoms with Crippen molar-refractivity contribution in [2.24, 2.45) is 9.98 Å². The lowest BCUT2D eigenvalue weighted by atomic mass is 10.2. The summed E-state index contributed by atoms with van der Waals surface area (Å²) in [4.78, 5) is 8.07. The van der Waals surface area contributed by atoms with Gasteiger partial charge in [0.25, 0.3) is 0 Å². The monoisotopic (exact) mass is 359 g/mol. The standard InChI is InChI=1S/C16H11Cl2N5O/c17-13-7-6-11(8-14(13)18)15-21-10-23(22-15)16(20-9-19)24-12-4-2-1-3-5-12/h1-8H,10H2,(H,21,22). The van der Waals surface area contributed by atoms with Crippen LogP contribution in [0.1, 0.15) is 5.56 Å². The van der Waals surface area contributed by atoms with Crippen molar-refractivity contribution in [1.29, 1.82) is 5.26 Å². The molecule has 1 aliphatic rings. The fourth-order valence-corrected chi connectivity index (χ4v) is 2.32. The van der Waals surface area contributed by atoms with Gasteiger partial charge in [0, 0.05) is 5.56 Å². The maximum atomic E-state index is 8.88. The number of hydrogen-bond acceptors (Lipinski definition) is 5. The van der Waals surface area contributed by atoms with Gasteiger partial charge in [-0.25, -0.2) is 10.0 Å². The third-order valence-corrected chi connectivity index (χ3v) is 3.87. The van der Waals surface area contributed by atoms with Crippen molar-refractivity contribution in [2.75, 3.05) is 6.67 Å². The number of ether oxygens (including phenoxy) is 1. The molecule has 0 saturated carbocycles. The van der Waals surface area contributed by atoms with E-state index in [2.05, 4.69) is 15.4 Å². The lowest BCUT2D eigenvalue weighted by molar-refractivity contribution is 0.335. The second kappa shape index (κ2) is 7.21. The van der Waals surface area contributed by atoms with E-state index in [-0.39, 0.29) is 12.7 Å². The fraction of sp³-hybridized carbons (Fsp3) is 0.0625.